The maximum Gasteiger partial charge on any atom is 0.0397 e. The molecule has 3 atom stereocenters. The van der Waals surface area contributed by atoms with E-state index in [1.807, 2.05) is 0 Å². The maximum atomic E-state index is 2.59. The Kier molecular flexibility index (Phi) is 0.134. The third kappa shape index (κ3) is 0.0658. The molecule has 1 aliphatic carbocycles. The lowest BCUT2D eigenvalue weighted by molar-refractivity contribution is 0.232. The zero-order valence-corrected chi connectivity index (χ0v) is 3.65. The van der Waals surface area contributed by atoms with Gasteiger partial charge in [-0.15, -0.1) is 0 Å². The van der Waals surface area contributed by atoms with E-state index in [4.69, 9.17) is 0 Å². The fourth-order valence-corrected chi connectivity index (χ4v) is 1.85. The smallest absolute Gasteiger partial charge is 0.0397 e. The van der Waals surface area contributed by atoms with Gasteiger partial charge in [-0.25, -0.2) is 0 Å². The summed E-state index contributed by atoms with van der Waals surface area (Å²) in [7, 11) is 0. The lowest BCUT2D eigenvalue weighted by Gasteiger charge is -2.23. The third-order valence-corrected chi connectivity index (χ3v) is 2.67. The first-order valence-electron chi connectivity index (χ1n) is 2.70. The summed E-state index contributed by atoms with van der Waals surface area (Å²) < 4.78 is 0. The molecule has 1 heteroatoms. The summed E-state index contributed by atoms with van der Waals surface area (Å²) in [5.41, 5.74) is 0.889. The summed E-state index contributed by atoms with van der Waals surface area (Å²) in [4.78, 5) is 2.59. The molecule has 3 rings (SSSR count). The zero-order valence-electron chi connectivity index (χ0n) is 3.65. The highest BCUT2D eigenvalue weighted by molar-refractivity contribution is 5.39. The van der Waals surface area contributed by atoms with Crippen molar-refractivity contribution in [1.29, 1.82) is 0 Å². The predicted molar refractivity (Wildman–Crippen MR) is 22.5 cm³/mol. The van der Waals surface area contributed by atoms with Crippen LogP contribution < -0.4 is 0 Å². The van der Waals surface area contributed by atoms with E-state index < -0.39 is 0 Å². The van der Waals surface area contributed by atoms with E-state index in [0.717, 1.165) is 11.6 Å². The minimum absolute atomic E-state index is 0.889. The molecular weight excluding hydrogens is 74.1 g/mol. The molecule has 0 aromatic rings. The first-order valence-corrected chi connectivity index (χ1v) is 2.70. The van der Waals surface area contributed by atoms with Crippen LogP contribution in [0.2, 0.25) is 0 Å². The zero-order chi connectivity index (χ0) is 3.78. The summed E-state index contributed by atoms with van der Waals surface area (Å²) in [6.45, 7) is 1.42. The van der Waals surface area contributed by atoms with Crippen molar-refractivity contribution >= 4 is 0 Å². The molecule has 0 aromatic carbocycles. The van der Waals surface area contributed by atoms with Crippen LogP contribution in [0.25, 0.3) is 0 Å². The van der Waals surface area contributed by atoms with E-state index >= 15 is 0 Å². The van der Waals surface area contributed by atoms with Gasteiger partial charge in [0, 0.05) is 18.1 Å². The first-order chi connectivity index (χ1) is 2.93. The average molecular weight is 81.1 g/mol. The van der Waals surface area contributed by atoms with Crippen molar-refractivity contribution in [1.82, 2.24) is 4.90 Å². The van der Waals surface area contributed by atoms with Crippen LogP contribution in [0, 0.1) is 0 Å². The lowest BCUT2D eigenvalue weighted by atomic mass is 10.1. The van der Waals surface area contributed by atoms with Crippen LogP contribution in [0.1, 0.15) is 12.8 Å². The fourth-order valence-electron chi connectivity index (χ4n) is 1.85. The second-order valence-electron chi connectivity index (χ2n) is 2.77. The number of hydrogen-bond donors (Lipinski definition) is 0. The van der Waals surface area contributed by atoms with Crippen LogP contribution in [-0.2, 0) is 0 Å². The van der Waals surface area contributed by atoms with Crippen molar-refractivity contribution in [2.45, 2.75) is 24.4 Å². The topological polar surface area (TPSA) is 3.01 Å². The summed E-state index contributed by atoms with van der Waals surface area (Å²) in [5, 5.41) is 0. The van der Waals surface area contributed by atoms with E-state index in [0.29, 0.717) is 0 Å². The van der Waals surface area contributed by atoms with Crippen molar-refractivity contribution in [2.24, 2.45) is 0 Å². The molecule has 0 bridgehead atoms. The summed E-state index contributed by atoms with van der Waals surface area (Å²) in [6, 6.07) is 1.11. The van der Waals surface area contributed by atoms with Gasteiger partial charge in [0.25, 0.3) is 0 Å². The van der Waals surface area contributed by atoms with Gasteiger partial charge in [-0.2, -0.15) is 0 Å². The Balaban J connectivity index is 2.20. The fraction of sp³-hybridized carbons (Fsp3) is 1.00. The van der Waals surface area contributed by atoms with Crippen molar-refractivity contribution in [3.63, 3.8) is 0 Å². The van der Waals surface area contributed by atoms with Crippen LogP contribution in [-0.4, -0.2) is 23.0 Å². The molecule has 3 aliphatic rings. The van der Waals surface area contributed by atoms with Gasteiger partial charge in [-0.05, 0) is 12.8 Å². The molecule has 0 radical (unpaired) electrons. The van der Waals surface area contributed by atoms with Crippen LogP contribution in [0.3, 0.4) is 0 Å². The van der Waals surface area contributed by atoms with Crippen LogP contribution >= 0.6 is 0 Å². The van der Waals surface area contributed by atoms with Crippen molar-refractivity contribution in [3.8, 4) is 0 Å². The second-order valence-corrected chi connectivity index (χ2v) is 2.77. The standard InChI is InChI=1S/C5H7N/c1-2-6-4-3-5(1,4)6/h4H,1-3H2. The predicted octanol–water partition coefficient (Wildman–Crippen LogP) is 0.217. The van der Waals surface area contributed by atoms with Crippen LogP contribution in [0.5, 0.6) is 0 Å². The van der Waals surface area contributed by atoms with E-state index in [9.17, 15) is 0 Å². The molecule has 2 heterocycles. The molecule has 1 spiro atoms. The van der Waals surface area contributed by atoms with E-state index in [-0.39, 0.29) is 0 Å². The van der Waals surface area contributed by atoms with Gasteiger partial charge in [0.05, 0.1) is 0 Å². The SMILES string of the molecule is C1CC23CC2N13. The Hall–Kier alpha value is -0.0400. The molecule has 0 aromatic heterocycles. The monoisotopic (exact) mass is 81.1 g/mol. The average Bonchev–Trinajstić information content (AvgIpc) is 2.22. The summed E-state index contributed by atoms with van der Waals surface area (Å²) in [6.07, 6.45) is 3.07. The quantitative estimate of drug-likeness (QED) is 0.377. The van der Waals surface area contributed by atoms with E-state index in [1.54, 1.807) is 6.42 Å². The number of rotatable bonds is 0. The van der Waals surface area contributed by atoms with Gasteiger partial charge in [-0.1, -0.05) is 0 Å². The molecule has 2 saturated heterocycles. The van der Waals surface area contributed by atoms with Gasteiger partial charge in [0.1, 0.15) is 0 Å². The Bertz CT molecular complexity index is 111. The minimum Gasteiger partial charge on any atom is -0.291 e. The number of nitrogens with zero attached hydrogens (tertiary/aromatic N) is 1. The maximum absolute atomic E-state index is 2.59. The highest BCUT2D eigenvalue weighted by atomic mass is 15.5. The van der Waals surface area contributed by atoms with Crippen molar-refractivity contribution in [3.05, 3.63) is 0 Å². The lowest BCUT2D eigenvalue weighted by Crippen LogP contribution is -2.31. The molecule has 1 saturated carbocycles. The molecule has 3 fully saturated rings. The van der Waals surface area contributed by atoms with Gasteiger partial charge in [-0.3, -0.25) is 4.90 Å². The number of piperidine rings is 1. The van der Waals surface area contributed by atoms with Crippen LogP contribution in [0.4, 0.5) is 0 Å². The van der Waals surface area contributed by atoms with Gasteiger partial charge >= 0.3 is 0 Å². The summed E-state index contributed by atoms with van der Waals surface area (Å²) >= 11 is 0. The second kappa shape index (κ2) is 0.348. The van der Waals surface area contributed by atoms with Gasteiger partial charge in [0.2, 0.25) is 0 Å². The van der Waals surface area contributed by atoms with E-state index in [2.05, 4.69) is 4.90 Å². The van der Waals surface area contributed by atoms with E-state index in [1.165, 1.54) is 13.0 Å². The first kappa shape index (κ1) is 2.31. The van der Waals surface area contributed by atoms with Crippen molar-refractivity contribution < 1.29 is 0 Å². The molecule has 1 nitrogen and oxygen atoms in total. The molecule has 3 unspecified atom stereocenters. The van der Waals surface area contributed by atoms with Gasteiger partial charge < -0.3 is 0 Å². The molecule has 6 heavy (non-hydrogen) atoms. The minimum atomic E-state index is 0.889. The number of fused-ring (bicyclic) bond motifs is 1. The van der Waals surface area contributed by atoms with Crippen LogP contribution in [0.15, 0.2) is 0 Å². The highest BCUT2D eigenvalue weighted by Gasteiger charge is 2.82. The molecule has 32 valence electrons. The third-order valence-electron chi connectivity index (χ3n) is 2.67. The summed E-state index contributed by atoms with van der Waals surface area (Å²) in [5.74, 6) is 0. The van der Waals surface area contributed by atoms with Gasteiger partial charge in [0.15, 0.2) is 0 Å². The Labute approximate surface area is 36.9 Å². The Morgan fingerprint density at radius 3 is 2.50 bits per heavy atom. The molecule has 2 aliphatic heterocycles. The normalized spacial score (nSPS) is 80.0. The Morgan fingerprint density at radius 2 is 2.50 bits per heavy atom. The number of hydrogen-bond acceptors (Lipinski definition) is 1. The highest BCUT2D eigenvalue weighted by Crippen LogP contribution is 2.71. The largest absolute Gasteiger partial charge is 0.291 e. The molecule has 0 N–H and O–H groups in total. The van der Waals surface area contributed by atoms with Crippen molar-refractivity contribution in [2.75, 3.05) is 6.54 Å². The Morgan fingerprint density at radius 1 is 1.67 bits per heavy atom. The molecular formula is C5H7N. The molecule has 0 amide bonds.